The summed E-state index contributed by atoms with van der Waals surface area (Å²) in [6.45, 7) is 0. The molecule has 1 heteroatoms. The summed E-state index contributed by atoms with van der Waals surface area (Å²) in [5.74, 6) is 2.22. The second kappa shape index (κ2) is 2.17. The summed E-state index contributed by atoms with van der Waals surface area (Å²) >= 11 is 6.61. The molecule has 1 fully saturated rings. The molecule has 3 aliphatic carbocycles. The van der Waals surface area contributed by atoms with Gasteiger partial charge in [-0.2, -0.15) is 0 Å². The lowest BCUT2D eigenvalue weighted by atomic mass is 9.75. The number of hydrogen-bond donors (Lipinski definition) is 0. The minimum atomic E-state index is 0.119. The van der Waals surface area contributed by atoms with Gasteiger partial charge in [0.05, 0.1) is 4.87 Å². The molecule has 3 aliphatic rings. The van der Waals surface area contributed by atoms with Gasteiger partial charge in [0.15, 0.2) is 0 Å². The molecule has 0 heterocycles. The number of fused-ring (bicyclic) bond motifs is 5. The summed E-state index contributed by atoms with van der Waals surface area (Å²) in [5, 5.41) is 0. The highest BCUT2D eigenvalue weighted by atomic mass is 35.5. The van der Waals surface area contributed by atoms with Crippen molar-refractivity contribution < 1.29 is 0 Å². The van der Waals surface area contributed by atoms with Crippen LogP contribution in [-0.4, -0.2) is 4.87 Å². The van der Waals surface area contributed by atoms with E-state index >= 15 is 0 Å². The van der Waals surface area contributed by atoms with Gasteiger partial charge in [0.1, 0.15) is 0 Å². The van der Waals surface area contributed by atoms with Crippen LogP contribution in [0.1, 0.15) is 19.3 Å². The minimum Gasteiger partial charge on any atom is -0.119 e. The van der Waals surface area contributed by atoms with Crippen LogP contribution in [0.25, 0.3) is 0 Å². The molecule has 0 spiro atoms. The molecule has 0 radical (unpaired) electrons. The topological polar surface area (TPSA) is 0 Å². The normalized spacial score (nSPS) is 54.6. The zero-order valence-electron chi connectivity index (χ0n) is 7.04. The highest BCUT2D eigenvalue weighted by Crippen LogP contribution is 2.57. The SMILES string of the molecule is ClC12CCC=CC(C1)C1C=CC12. The van der Waals surface area contributed by atoms with Crippen molar-refractivity contribution >= 4 is 11.6 Å². The summed E-state index contributed by atoms with van der Waals surface area (Å²) in [6, 6.07) is 0. The van der Waals surface area contributed by atoms with Gasteiger partial charge in [-0.25, -0.2) is 0 Å². The number of halogens is 1. The van der Waals surface area contributed by atoms with Gasteiger partial charge in [0.25, 0.3) is 0 Å². The van der Waals surface area contributed by atoms with Gasteiger partial charge in [-0.05, 0) is 31.1 Å². The average molecular weight is 181 g/mol. The van der Waals surface area contributed by atoms with Gasteiger partial charge >= 0.3 is 0 Å². The van der Waals surface area contributed by atoms with Crippen LogP contribution >= 0.6 is 11.6 Å². The third kappa shape index (κ3) is 0.744. The molecule has 12 heavy (non-hydrogen) atoms. The molecule has 0 aromatic heterocycles. The van der Waals surface area contributed by atoms with Crippen molar-refractivity contribution in [3.63, 3.8) is 0 Å². The summed E-state index contributed by atoms with van der Waals surface area (Å²) in [4.78, 5) is 0.119. The Morgan fingerprint density at radius 2 is 2.17 bits per heavy atom. The second-order valence-electron chi connectivity index (χ2n) is 4.36. The Balaban J connectivity index is 2.02. The van der Waals surface area contributed by atoms with Gasteiger partial charge < -0.3 is 0 Å². The Labute approximate surface area is 78.3 Å². The molecule has 0 saturated heterocycles. The molecular formula is C11H13Cl. The maximum Gasteiger partial charge on any atom is 0.0523 e. The second-order valence-corrected chi connectivity index (χ2v) is 5.11. The molecule has 64 valence electrons. The smallest absolute Gasteiger partial charge is 0.0523 e. The summed E-state index contributed by atoms with van der Waals surface area (Å²) < 4.78 is 0. The Hall–Kier alpha value is -0.230. The number of alkyl halides is 1. The fourth-order valence-corrected chi connectivity index (χ4v) is 3.51. The van der Waals surface area contributed by atoms with Crippen LogP contribution in [-0.2, 0) is 0 Å². The van der Waals surface area contributed by atoms with Gasteiger partial charge in [-0.1, -0.05) is 24.3 Å². The fourth-order valence-electron chi connectivity index (χ4n) is 3.00. The number of allylic oxidation sites excluding steroid dienone is 4. The van der Waals surface area contributed by atoms with Crippen LogP contribution in [0.4, 0.5) is 0 Å². The lowest BCUT2D eigenvalue weighted by Gasteiger charge is -2.34. The molecular weight excluding hydrogens is 168 g/mol. The van der Waals surface area contributed by atoms with Crippen LogP contribution in [0.5, 0.6) is 0 Å². The zero-order chi connectivity index (χ0) is 8.18. The lowest BCUT2D eigenvalue weighted by molar-refractivity contribution is 0.383. The van der Waals surface area contributed by atoms with Crippen molar-refractivity contribution in [2.75, 3.05) is 0 Å². The van der Waals surface area contributed by atoms with Crippen LogP contribution in [0.2, 0.25) is 0 Å². The van der Waals surface area contributed by atoms with Crippen molar-refractivity contribution in [3.05, 3.63) is 24.3 Å². The molecule has 2 bridgehead atoms. The fraction of sp³-hybridized carbons (Fsp3) is 0.636. The molecule has 0 N–H and O–H groups in total. The molecule has 0 amide bonds. The van der Waals surface area contributed by atoms with E-state index in [2.05, 4.69) is 24.3 Å². The van der Waals surface area contributed by atoms with Crippen molar-refractivity contribution in [2.24, 2.45) is 17.8 Å². The van der Waals surface area contributed by atoms with E-state index in [1.54, 1.807) is 0 Å². The molecule has 3 rings (SSSR count). The van der Waals surface area contributed by atoms with E-state index in [0.29, 0.717) is 5.92 Å². The lowest BCUT2D eigenvalue weighted by Crippen LogP contribution is -2.31. The standard InChI is InChI=1S/C11H13Cl/c12-11-6-2-1-3-8(7-11)9-4-5-10(9)11/h1,3-5,8-10H,2,6-7H2. The van der Waals surface area contributed by atoms with Gasteiger partial charge in [0, 0.05) is 5.92 Å². The zero-order valence-corrected chi connectivity index (χ0v) is 7.80. The Morgan fingerprint density at radius 3 is 2.92 bits per heavy atom. The van der Waals surface area contributed by atoms with E-state index in [0.717, 1.165) is 11.8 Å². The third-order valence-corrected chi connectivity index (χ3v) is 4.33. The van der Waals surface area contributed by atoms with Crippen molar-refractivity contribution in [1.82, 2.24) is 0 Å². The Kier molecular flexibility index (Phi) is 1.30. The van der Waals surface area contributed by atoms with Crippen LogP contribution < -0.4 is 0 Å². The molecule has 0 nitrogen and oxygen atoms in total. The predicted octanol–water partition coefficient (Wildman–Crippen LogP) is 3.14. The van der Waals surface area contributed by atoms with Crippen LogP contribution in [0, 0.1) is 17.8 Å². The van der Waals surface area contributed by atoms with Gasteiger partial charge in [0.2, 0.25) is 0 Å². The highest BCUT2D eigenvalue weighted by Gasteiger charge is 2.52. The van der Waals surface area contributed by atoms with E-state index in [1.807, 2.05) is 0 Å². The predicted molar refractivity (Wildman–Crippen MR) is 51.2 cm³/mol. The molecule has 0 aliphatic heterocycles. The first-order valence-corrected chi connectivity index (χ1v) is 5.21. The molecule has 0 aromatic carbocycles. The van der Waals surface area contributed by atoms with Crippen molar-refractivity contribution in [3.8, 4) is 0 Å². The van der Waals surface area contributed by atoms with Gasteiger partial charge in [-0.3, -0.25) is 0 Å². The third-order valence-electron chi connectivity index (χ3n) is 3.73. The van der Waals surface area contributed by atoms with E-state index in [1.165, 1.54) is 19.3 Å². The highest BCUT2D eigenvalue weighted by molar-refractivity contribution is 6.24. The number of hydrogen-bond acceptors (Lipinski definition) is 0. The van der Waals surface area contributed by atoms with E-state index in [4.69, 9.17) is 11.6 Å². The van der Waals surface area contributed by atoms with Crippen molar-refractivity contribution in [1.29, 1.82) is 0 Å². The Morgan fingerprint density at radius 1 is 1.25 bits per heavy atom. The molecule has 0 aromatic rings. The first-order valence-electron chi connectivity index (χ1n) is 4.83. The Bertz CT molecular complexity index is 266. The van der Waals surface area contributed by atoms with E-state index in [-0.39, 0.29) is 4.87 Å². The summed E-state index contributed by atoms with van der Waals surface area (Å²) in [7, 11) is 0. The maximum absolute atomic E-state index is 6.61. The van der Waals surface area contributed by atoms with Crippen LogP contribution in [0.3, 0.4) is 0 Å². The summed E-state index contributed by atoms with van der Waals surface area (Å²) in [6.07, 6.45) is 12.9. The monoisotopic (exact) mass is 180 g/mol. The first-order chi connectivity index (χ1) is 5.80. The molecule has 4 atom stereocenters. The molecule has 4 unspecified atom stereocenters. The summed E-state index contributed by atoms with van der Waals surface area (Å²) in [5.41, 5.74) is 0. The van der Waals surface area contributed by atoms with E-state index in [9.17, 15) is 0 Å². The van der Waals surface area contributed by atoms with E-state index < -0.39 is 0 Å². The first kappa shape index (κ1) is 7.20. The minimum absolute atomic E-state index is 0.119. The maximum atomic E-state index is 6.61. The van der Waals surface area contributed by atoms with Gasteiger partial charge in [-0.15, -0.1) is 11.6 Å². The largest absolute Gasteiger partial charge is 0.119 e. The van der Waals surface area contributed by atoms with Crippen molar-refractivity contribution in [2.45, 2.75) is 24.1 Å². The average Bonchev–Trinajstić information content (AvgIpc) is 2.13. The van der Waals surface area contributed by atoms with Crippen LogP contribution in [0.15, 0.2) is 24.3 Å². The molecule has 1 saturated carbocycles. The number of rotatable bonds is 0. The quantitative estimate of drug-likeness (QED) is 0.397.